The summed E-state index contributed by atoms with van der Waals surface area (Å²) in [5.74, 6) is 1.78. The molecule has 2 heterocycles. The number of guanidine groups is 1. The van der Waals surface area contributed by atoms with Crippen molar-refractivity contribution in [3.63, 3.8) is 0 Å². The highest BCUT2D eigenvalue weighted by Gasteiger charge is 2.50. The van der Waals surface area contributed by atoms with E-state index in [9.17, 15) is 21.6 Å². The molecule has 0 spiro atoms. The molecule has 1 aromatic rings. The summed E-state index contributed by atoms with van der Waals surface area (Å²) in [7, 11) is -3.70. The van der Waals surface area contributed by atoms with Crippen LogP contribution >= 0.6 is 24.0 Å². The van der Waals surface area contributed by atoms with Crippen molar-refractivity contribution in [2.45, 2.75) is 50.6 Å². The van der Waals surface area contributed by atoms with Gasteiger partial charge in [-0.05, 0) is 12.8 Å². The maximum absolute atomic E-state index is 12.6. The van der Waals surface area contributed by atoms with Gasteiger partial charge in [-0.25, -0.2) is 8.42 Å². The van der Waals surface area contributed by atoms with Gasteiger partial charge in [-0.3, -0.25) is 4.99 Å². The largest absolute Gasteiger partial charge is 0.511 e. The van der Waals surface area contributed by atoms with E-state index in [4.69, 9.17) is 4.52 Å². The van der Waals surface area contributed by atoms with Crippen molar-refractivity contribution in [1.29, 1.82) is 0 Å². The van der Waals surface area contributed by atoms with Crippen LogP contribution in [-0.4, -0.2) is 67.1 Å². The average molecular weight is 554 g/mol. The highest BCUT2D eigenvalue weighted by molar-refractivity contribution is 14.0. The van der Waals surface area contributed by atoms with Crippen LogP contribution in [0.15, 0.2) is 9.52 Å². The first-order chi connectivity index (χ1) is 13.0. The Bertz CT molecular complexity index is 777. The average Bonchev–Trinajstić information content (AvgIpc) is 3.09. The molecule has 0 saturated carbocycles. The van der Waals surface area contributed by atoms with Crippen LogP contribution in [0.1, 0.15) is 44.3 Å². The minimum atomic E-state index is -5.27. The number of aromatic nitrogens is 2. The highest BCUT2D eigenvalue weighted by atomic mass is 127. The number of hydrogen-bond acceptors (Lipinski definition) is 6. The molecule has 0 bridgehead atoms. The molecule has 9 nitrogen and oxygen atoms in total. The summed E-state index contributed by atoms with van der Waals surface area (Å²) in [5, 5.41) is 10.0. The molecule has 1 aromatic heterocycles. The van der Waals surface area contributed by atoms with Gasteiger partial charge in [-0.2, -0.15) is 22.5 Å². The quantitative estimate of drug-likeness (QED) is 0.314. The van der Waals surface area contributed by atoms with E-state index in [0.717, 1.165) is 0 Å². The Labute approximate surface area is 185 Å². The minimum Gasteiger partial charge on any atom is -0.356 e. The molecule has 14 heteroatoms. The number of aliphatic imine (C=N–C) groups is 1. The molecule has 1 aliphatic heterocycles. The second-order valence-corrected chi connectivity index (χ2v) is 8.65. The fourth-order valence-corrected chi connectivity index (χ4v) is 3.65. The van der Waals surface area contributed by atoms with E-state index < -0.39 is 15.5 Å². The zero-order chi connectivity index (χ0) is 20.9. The number of nitrogens with zero attached hydrogens (tertiary/aromatic N) is 4. The van der Waals surface area contributed by atoms with Crippen molar-refractivity contribution >= 4 is 40.0 Å². The van der Waals surface area contributed by atoms with E-state index >= 15 is 0 Å². The van der Waals surface area contributed by atoms with E-state index in [-0.39, 0.29) is 61.9 Å². The first-order valence-corrected chi connectivity index (χ1v) is 10.3. The van der Waals surface area contributed by atoms with Gasteiger partial charge in [0, 0.05) is 45.1 Å². The zero-order valence-corrected chi connectivity index (χ0v) is 19.5. The molecule has 0 radical (unpaired) electrons. The SMILES string of the molecule is CN=C(NCCc1nc(C(C)C)no1)NC1CCN(S(=O)(=O)C(F)(F)F)CC1.I. The third kappa shape index (κ3) is 6.94. The van der Waals surface area contributed by atoms with E-state index in [0.29, 0.717) is 34.9 Å². The van der Waals surface area contributed by atoms with Gasteiger partial charge >= 0.3 is 15.5 Å². The number of alkyl halides is 3. The number of rotatable bonds is 6. The molecule has 0 aliphatic carbocycles. The summed E-state index contributed by atoms with van der Waals surface area (Å²) in [5.41, 5.74) is -5.27. The Morgan fingerprint density at radius 2 is 1.97 bits per heavy atom. The van der Waals surface area contributed by atoms with Gasteiger partial charge in [0.15, 0.2) is 11.8 Å². The Hall–Kier alpha value is -1.16. The van der Waals surface area contributed by atoms with Crippen LogP contribution in [0, 0.1) is 0 Å². The molecule has 0 unspecified atom stereocenters. The second-order valence-electron chi connectivity index (χ2n) is 6.72. The first-order valence-electron chi connectivity index (χ1n) is 8.90. The maximum atomic E-state index is 12.6. The van der Waals surface area contributed by atoms with Gasteiger partial charge in [-0.1, -0.05) is 19.0 Å². The number of hydrogen-bond donors (Lipinski definition) is 2. The fraction of sp³-hybridized carbons (Fsp3) is 0.800. The van der Waals surface area contributed by atoms with Crippen molar-refractivity contribution < 1.29 is 26.1 Å². The normalized spacial score (nSPS) is 17.3. The predicted octanol–water partition coefficient (Wildman–Crippen LogP) is 1.83. The number of sulfonamides is 1. The van der Waals surface area contributed by atoms with Crippen LogP contribution in [0.3, 0.4) is 0 Å². The summed E-state index contributed by atoms with van der Waals surface area (Å²) in [6.45, 7) is 4.00. The number of halogens is 4. The Morgan fingerprint density at radius 3 is 2.45 bits per heavy atom. The van der Waals surface area contributed by atoms with Crippen LogP contribution in [-0.2, 0) is 16.4 Å². The van der Waals surface area contributed by atoms with Gasteiger partial charge in [0.25, 0.3) is 0 Å². The van der Waals surface area contributed by atoms with Crippen molar-refractivity contribution in [1.82, 2.24) is 25.1 Å². The van der Waals surface area contributed by atoms with Crippen molar-refractivity contribution in [3.05, 3.63) is 11.7 Å². The Morgan fingerprint density at radius 1 is 1.34 bits per heavy atom. The van der Waals surface area contributed by atoms with Crippen LogP contribution in [0.5, 0.6) is 0 Å². The van der Waals surface area contributed by atoms with E-state index in [1.807, 2.05) is 13.8 Å². The van der Waals surface area contributed by atoms with Crippen LogP contribution in [0.25, 0.3) is 0 Å². The summed E-state index contributed by atoms with van der Waals surface area (Å²) < 4.78 is 66.3. The van der Waals surface area contributed by atoms with Crippen molar-refractivity contribution in [3.8, 4) is 0 Å². The summed E-state index contributed by atoms with van der Waals surface area (Å²) in [6.07, 6.45) is 0.984. The molecule has 1 aliphatic rings. The third-order valence-electron chi connectivity index (χ3n) is 4.28. The van der Waals surface area contributed by atoms with Gasteiger partial charge in [-0.15, -0.1) is 24.0 Å². The predicted molar refractivity (Wildman–Crippen MR) is 112 cm³/mol. The first kappa shape index (κ1) is 25.9. The van der Waals surface area contributed by atoms with Gasteiger partial charge in [0.2, 0.25) is 5.89 Å². The smallest absolute Gasteiger partial charge is 0.356 e. The van der Waals surface area contributed by atoms with Crippen LogP contribution in [0.4, 0.5) is 13.2 Å². The zero-order valence-electron chi connectivity index (χ0n) is 16.4. The molecular formula is C15H26F3IN6O3S. The molecule has 2 rings (SSSR count). The molecule has 2 N–H and O–H groups in total. The lowest BCUT2D eigenvalue weighted by Gasteiger charge is -2.32. The maximum Gasteiger partial charge on any atom is 0.511 e. The van der Waals surface area contributed by atoms with Gasteiger partial charge < -0.3 is 15.2 Å². The fourth-order valence-electron chi connectivity index (χ4n) is 2.67. The molecule has 29 heavy (non-hydrogen) atoms. The van der Waals surface area contributed by atoms with Gasteiger partial charge in [0.1, 0.15) is 0 Å². The van der Waals surface area contributed by atoms with Crippen LogP contribution in [0.2, 0.25) is 0 Å². The Kier molecular flexibility index (Phi) is 9.59. The lowest BCUT2D eigenvalue weighted by molar-refractivity contribution is -0.0494. The molecule has 1 saturated heterocycles. The Balaban J connectivity index is 0.00000420. The molecular weight excluding hydrogens is 528 g/mol. The summed E-state index contributed by atoms with van der Waals surface area (Å²) >= 11 is 0. The standard InChI is InChI=1S/C15H25F3N6O3S.HI/c1-10(2)13-22-12(27-23-13)4-7-20-14(19-3)21-11-5-8-24(9-6-11)28(25,26)15(16,17)18;/h10-11H,4-9H2,1-3H3,(H2,19,20,21);1H. The van der Waals surface area contributed by atoms with E-state index in [2.05, 4.69) is 25.8 Å². The topological polar surface area (TPSA) is 113 Å². The lowest BCUT2D eigenvalue weighted by atomic mass is 10.1. The minimum absolute atomic E-state index is 0. The lowest BCUT2D eigenvalue weighted by Crippen LogP contribution is -2.51. The number of piperidine rings is 1. The molecule has 0 atom stereocenters. The van der Waals surface area contributed by atoms with Crippen molar-refractivity contribution in [2.24, 2.45) is 4.99 Å². The molecule has 1 fully saturated rings. The highest BCUT2D eigenvalue weighted by Crippen LogP contribution is 2.28. The third-order valence-corrected chi connectivity index (χ3v) is 5.91. The van der Waals surface area contributed by atoms with E-state index in [1.54, 1.807) is 7.05 Å². The summed E-state index contributed by atoms with van der Waals surface area (Å²) in [6, 6.07) is -0.179. The van der Waals surface area contributed by atoms with Crippen LogP contribution < -0.4 is 10.6 Å². The molecule has 168 valence electrons. The second kappa shape index (κ2) is 10.7. The van der Waals surface area contributed by atoms with Gasteiger partial charge in [0.05, 0.1) is 0 Å². The molecule has 0 amide bonds. The van der Waals surface area contributed by atoms with Crippen molar-refractivity contribution in [2.75, 3.05) is 26.7 Å². The monoisotopic (exact) mass is 554 g/mol. The molecule has 0 aromatic carbocycles. The number of nitrogens with one attached hydrogen (secondary N) is 2. The van der Waals surface area contributed by atoms with E-state index in [1.165, 1.54) is 0 Å². The summed E-state index contributed by atoms with van der Waals surface area (Å²) in [4.78, 5) is 8.34.